The minimum Gasteiger partial charge on any atom is -0.326 e. The highest BCUT2D eigenvalue weighted by molar-refractivity contribution is 5.27. The van der Waals surface area contributed by atoms with E-state index in [4.69, 9.17) is 5.73 Å². The van der Waals surface area contributed by atoms with E-state index in [-0.39, 0.29) is 5.82 Å². The summed E-state index contributed by atoms with van der Waals surface area (Å²) in [6.45, 7) is 4.70. The molecule has 1 aromatic carbocycles. The van der Waals surface area contributed by atoms with Crippen molar-refractivity contribution < 1.29 is 4.39 Å². The molecule has 2 nitrogen and oxygen atoms in total. The molecule has 88 valence electrons. The molecule has 2 N–H and O–H groups in total. The van der Waals surface area contributed by atoms with Gasteiger partial charge in [-0.2, -0.15) is 0 Å². The predicted molar refractivity (Wildman–Crippen MR) is 63.4 cm³/mol. The molecule has 1 aliphatic rings. The maximum Gasteiger partial charge on any atom is 0.123 e. The first kappa shape index (κ1) is 11.6. The first-order valence-corrected chi connectivity index (χ1v) is 5.92. The lowest BCUT2D eigenvalue weighted by atomic mass is 10.1. The van der Waals surface area contributed by atoms with Gasteiger partial charge in [-0.3, -0.25) is 4.90 Å². The Morgan fingerprint density at radius 3 is 2.88 bits per heavy atom. The molecule has 0 spiro atoms. The van der Waals surface area contributed by atoms with Gasteiger partial charge in [-0.05, 0) is 49.6 Å². The topological polar surface area (TPSA) is 29.3 Å². The second-order valence-electron chi connectivity index (χ2n) is 4.58. The Labute approximate surface area is 96.2 Å². The molecule has 16 heavy (non-hydrogen) atoms. The summed E-state index contributed by atoms with van der Waals surface area (Å²) in [5.74, 6) is -0.196. The molecule has 1 aromatic rings. The molecule has 0 saturated carbocycles. The highest BCUT2D eigenvalue weighted by Gasteiger charge is 2.20. The number of halogens is 1. The number of hydrogen-bond acceptors (Lipinski definition) is 2. The molecule has 0 bridgehead atoms. The van der Waals surface area contributed by atoms with Crippen LogP contribution in [0, 0.1) is 5.82 Å². The average Bonchev–Trinajstić information content (AvgIpc) is 2.67. The van der Waals surface area contributed by atoms with E-state index in [1.807, 2.05) is 6.07 Å². The lowest BCUT2D eigenvalue weighted by Crippen LogP contribution is -2.26. The van der Waals surface area contributed by atoms with Gasteiger partial charge in [0.05, 0.1) is 0 Å². The monoisotopic (exact) mass is 222 g/mol. The van der Waals surface area contributed by atoms with E-state index in [2.05, 4.69) is 11.8 Å². The Morgan fingerprint density at radius 2 is 2.25 bits per heavy atom. The standard InChI is InChI=1S/C13H19FN2/c1-10-3-2-6-16(10)9-11-4-5-13(14)7-12(11)8-15/h4-5,7,10H,2-3,6,8-9,15H2,1H3. The Morgan fingerprint density at radius 1 is 1.44 bits per heavy atom. The van der Waals surface area contributed by atoms with Gasteiger partial charge in [0.1, 0.15) is 5.82 Å². The Hall–Kier alpha value is -0.930. The van der Waals surface area contributed by atoms with Crippen LogP contribution in [0.25, 0.3) is 0 Å². The summed E-state index contributed by atoms with van der Waals surface area (Å²) < 4.78 is 13.1. The molecular weight excluding hydrogens is 203 g/mol. The Balaban J connectivity index is 2.14. The molecule has 1 atom stereocenters. The fourth-order valence-corrected chi connectivity index (χ4v) is 2.39. The van der Waals surface area contributed by atoms with Crippen LogP contribution >= 0.6 is 0 Å². The molecule has 1 fully saturated rings. The molecule has 1 unspecified atom stereocenters. The third-order valence-corrected chi connectivity index (χ3v) is 3.45. The smallest absolute Gasteiger partial charge is 0.123 e. The van der Waals surface area contributed by atoms with Gasteiger partial charge in [0.25, 0.3) is 0 Å². The van der Waals surface area contributed by atoms with E-state index in [0.29, 0.717) is 12.6 Å². The summed E-state index contributed by atoms with van der Waals surface area (Å²) in [5, 5.41) is 0. The van der Waals surface area contributed by atoms with Crippen LogP contribution in [-0.2, 0) is 13.1 Å². The third-order valence-electron chi connectivity index (χ3n) is 3.45. The lowest BCUT2D eigenvalue weighted by Gasteiger charge is -2.22. The summed E-state index contributed by atoms with van der Waals surface area (Å²) >= 11 is 0. The second-order valence-corrected chi connectivity index (χ2v) is 4.58. The van der Waals surface area contributed by atoms with Crippen LogP contribution in [0.4, 0.5) is 4.39 Å². The van der Waals surface area contributed by atoms with E-state index < -0.39 is 0 Å². The zero-order valence-corrected chi connectivity index (χ0v) is 9.75. The Bertz CT molecular complexity index is 365. The maximum atomic E-state index is 13.1. The predicted octanol–water partition coefficient (Wildman–Crippen LogP) is 2.27. The zero-order valence-electron chi connectivity index (χ0n) is 9.75. The first-order valence-electron chi connectivity index (χ1n) is 5.92. The van der Waals surface area contributed by atoms with Crippen molar-refractivity contribution in [2.24, 2.45) is 5.73 Å². The summed E-state index contributed by atoms with van der Waals surface area (Å²) in [6, 6.07) is 5.57. The molecule has 0 radical (unpaired) electrons. The van der Waals surface area contributed by atoms with Crippen LogP contribution in [0.1, 0.15) is 30.9 Å². The van der Waals surface area contributed by atoms with Gasteiger partial charge in [-0.1, -0.05) is 6.07 Å². The van der Waals surface area contributed by atoms with Crippen LogP contribution in [0.3, 0.4) is 0 Å². The molecule has 0 amide bonds. The molecule has 1 aliphatic heterocycles. The van der Waals surface area contributed by atoms with Crippen molar-refractivity contribution in [3.8, 4) is 0 Å². The van der Waals surface area contributed by atoms with Gasteiger partial charge in [-0.25, -0.2) is 4.39 Å². The maximum absolute atomic E-state index is 13.1. The van der Waals surface area contributed by atoms with E-state index in [9.17, 15) is 4.39 Å². The van der Waals surface area contributed by atoms with E-state index >= 15 is 0 Å². The molecule has 1 heterocycles. The summed E-state index contributed by atoms with van der Waals surface area (Å²) in [7, 11) is 0. The van der Waals surface area contributed by atoms with Crippen LogP contribution in [-0.4, -0.2) is 17.5 Å². The van der Waals surface area contributed by atoms with Gasteiger partial charge in [-0.15, -0.1) is 0 Å². The van der Waals surface area contributed by atoms with Crippen molar-refractivity contribution >= 4 is 0 Å². The SMILES string of the molecule is CC1CCCN1Cc1ccc(F)cc1CN. The zero-order chi connectivity index (χ0) is 11.5. The van der Waals surface area contributed by atoms with Crippen molar-refractivity contribution in [2.45, 2.75) is 38.9 Å². The largest absolute Gasteiger partial charge is 0.326 e. The highest BCUT2D eigenvalue weighted by Crippen LogP contribution is 2.21. The molecular formula is C13H19FN2. The van der Waals surface area contributed by atoms with E-state index in [1.54, 1.807) is 6.07 Å². The van der Waals surface area contributed by atoms with Crippen LogP contribution in [0.2, 0.25) is 0 Å². The normalized spacial score (nSPS) is 21.6. The van der Waals surface area contributed by atoms with Crippen molar-refractivity contribution in [2.75, 3.05) is 6.54 Å². The third kappa shape index (κ3) is 2.42. The van der Waals surface area contributed by atoms with Crippen molar-refractivity contribution in [1.82, 2.24) is 4.90 Å². The minimum absolute atomic E-state index is 0.196. The number of nitrogens with zero attached hydrogens (tertiary/aromatic N) is 1. The molecule has 3 heteroatoms. The number of nitrogens with two attached hydrogens (primary N) is 1. The summed E-state index contributed by atoms with van der Waals surface area (Å²) in [5.41, 5.74) is 7.74. The van der Waals surface area contributed by atoms with E-state index in [1.165, 1.54) is 18.9 Å². The number of benzene rings is 1. The van der Waals surface area contributed by atoms with Crippen LogP contribution in [0.5, 0.6) is 0 Å². The van der Waals surface area contributed by atoms with E-state index in [0.717, 1.165) is 24.2 Å². The van der Waals surface area contributed by atoms with Crippen LogP contribution < -0.4 is 5.73 Å². The van der Waals surface area contributed by atoms with Crippen molar-refractivity contribution in [3.63, 3.8) is 0 Å². The van der Waals surface area contributed by atoms with Crippen molar-refractivity contribution in [1.29, 1.82) is 0 Å². The van der Waals surface area contributed by atoms with Gasteiger partial charge in [0.15, 0.2) is 0 Å². The summed E-state index contributed by atoms with van der Waals surface area (Å²) in [4.78, 5) is 2.44. The van der Waals surface area contributed by atoms with Gasteiger partial charge < -0.3 is 5.73 Å². The first-order chi connectivity index (χ1) is 7.70. The van der Waals surface area contributed by atoms with Gasteiger partial charge in [0.2, 0.25) is 0 Å². The number of hydrogen-bond donors (Lipinski definition) is 1. The fraction of sp³-hybridized carbons (Fsp3) is 0.538. The second kappa shape index (κ2) is 4.93. The van der Waals surface area contributed by atoms with Crippen LogP contribution in [0.15, 0.2) is 18.2 Å². The lowest BCUT2D eigenvalue weighted by molar-refractivity contribution is 0.259. The quantitative estimate of drug-likeness (QED) is 0.850. The summed E-state index contributed by atoms with van der Waals surface area (Å²) in [6.07, 6.45) is 2.53. The average molecular weight is 222 g/mol. The van der Waals surface area contributed by atoms with Gasteiger partial charge in [0, 0.05) is 19.1 Å². The molecule has 2 rings (SSSR count). The molecule has 1 saturated heterocycles. The Kier molecular flexibility index (Phi) is 3.56. The highest BCUT2D eigenvalue weighted by atomic mass is 19.1. The minimum atomic E-state index is -0.196. The number of rotatable bonds is 3. The molecule has 0 aliphatic carbocycles. The number of likely N-dealkylation sites (tertiary alicyclic amines) is 1. The van der Waals surface area contributed by atoms with Crippen molar-refractivity contribution in [3.05, 3.63) is 35.1 Å². The fourth-order valence-electron chi connectivity index (χ4n) is 2.39. The van der Waals surface area contributed by atoms with Gasteiger partial charge >= 0.3 is 0 Å². The molecule has 0 aromatic heterocycles.